The molecule has 0 spiro atoms. The highest BCUT2D eigenvalue weighted by atomic mass is 16.5. The fraction of sp³-hybridized carbons (Fsp3) is 0.167. The number of methoxy groups -OCH3 is 2. The number of hydrogen-bond acceptors (Lipinski definition) is 4. The fourth-order valence-corrected chi connectivity index (χ4v) is 2.63. The molecule has 0 aliphatic rings. The van der Waals surface area contributed by atoms with Crippen molar-refractivity contribution in [2.24, 2.45) is 0 Å². The van der Waals surface area contributed by atoms with E-state index in [0.29, 0.717) is 22.7 Å². The summed E-state index contributed by atoms with van der Waals surface area (Å²) in [5.74, 6) is 0.995. The monoisotopic (exact) mass is 326 g/mol. The predicted octanol–water partition coefficient (Wildman–Crippen LogP) is 3.08. The van der Waals surface area contributed by atoms with Crippen LogP contribution in [0.25, 0.3) is 10.9 Å². The van der Waals surface area contributed by atoms with Gasteiger partial charge in [-0.25, -0.2) is 0 Å². The van der Waals surface area contributed by atoms with Gasteiger partial charge in [-0.2, -0.15) is 4.73 Å². The SMILES string of the molecule is COc1cc(NC(=O)Cc2cn(O)c3ccccc23)cc(OC)c1. The molecule has 0 unspecified atom stereocenters. The van der Waals surface area contributed by atoms with Crippen LogP contribution < -0.4 is 14.8 Å². The minimum absolute atomic E-state index is 0.146. The maximum Gasteiger partial charge on any atom is 0.228 e. The van der Waals surface area contributed by atoms with Crippen LogP contribution in [0.3, 0.4) is 0 Å². The Balaban J connectivity index is 1.80. The number of para-hydroxylation sites is 1. The predicted molar refractivity (Wildman–Crippen MR) is 91.0 cm³/mol. The quantitative estimate of drug-likeness (QED) is 0.707. The van der Waals surface area contributed by atoms with Crippen molar-refractivity contribution in [3.63, 3.8) is 0 Å². The Morgan fingerprint density at radius 3 is 2.46 bits per heavy atom. The van der Waals surface area contributed by atoms with Gasteiger partial charge in [0.15, 0.2) is 0 Å². The van der Waals surface area contributed by atoms with E-state index in [1.807, 2.05) is 18.2 Å². The lowest BCUT2D eigenvalue weighted by Gasteiger charge is -2.09. The molecule has 2 N–H and O–H groups in total. The number of carbonyl (C=O) groups excluding carboxylic acids is 1. The number of aromatic nitrogens is 1. The first kappa shape index (κ1) is 15.7. The molecule has 1 amide bonds. The zero-order valence-corrected chi connectivity index (χ0v) is 13.4. The van der Waals surface area contributed by atoms with Crippen LogP contribution in [0, 0.1) is 0 Å². The molecular weight excluding hydrogens is 308 g/mol. The van der Waals surface area contributed by atoms with Crippen molar-refractivity contribution in [3.8, 4) is 11.5 Å². The zero-order valence-electron chi connectivity index (χ0n) is 13.4. The van der Waals surface area contributed by atoms with Gasteiger partial charge in [0.2, 0.25) is 5.91 Å². The van der Waals surface area contributed by atoms with Gasteiger partial charge in [0.05, 0.1) is 26.2 Å². The second-order valence-electron chi connectivity index (χ2n) is 5.34. The number of carbonyl (C=O) groups is 1. The van der Waals surface area contributed by atoms with E-state index >= 15 is 0 Å². The van der Waals surface area contributed by atoms with Crippen molar-refractivity contribution in [2.75, 3.05) is 19.5 Å². The molecule has 24 heavy (non-hydrogen) atoms. The summed E-state index contributed by atoms with van der Waals surface area (Å²) in [6, 6.07) is 12.5. The fourth-order valence-electron chi connectivity index (χ4n) is 2.63. The van der Waals surface area contributed by atoms with Crippen molar-refractivity contribution in [1.82, 2.24) is 4.73 Å². The van der Waals surface area contributed by atoms with E-state index in [9.17, 15) is 10.0 Å². The Bertz CT molecular complexity index is 864. The molecule has 0 aliphatic carbocycles. The van der Waals surface area contributed by atoms with Gasteiger partial charge in [0, 0.05) is 35.5 Å². The first-order chi connectivity index (χ1) is 11.6. The molecule has 1 aromatic heterocycles. The first-order valence-electron chi connectivity index (χ1n) is 7.42. The summed E-state index contributed by atoms with van der Waals surface area (Å²) >= 11 is 0. The highest BCUT2D eigenvalue weighted by Gasteiger charge is 2.12. The number of fused-ring (bicyclic) bond motifs is 1. The van der Waals surface area contributed by atoms with Crippen LogP contribution in [0.2, 0.25) is 0 Å². The van der Waals surface area contributed by atoms with Gasteiger partial charge in [0.25, 0.3) is 0 Å². The number of hydrogen-bond donors (Lipinski definition) is 2. The molecule has 6 nitrogen and oxygen atoms in total. The van der Waals surface area contributed by atoms with Gasteiger partial charge in [-0.15, -0.1) is 0 Å². The minimum atomic E-state index is -0.193. The zero-order chi connectivity index (χ0) is 17.1. The van der Waals surface area contributed by atoms with E-state index in [0.717, 1.165) is 15.7 Å². The second-order valence-corrected chi connectivity index (χ2v) is 5.34. The third-order valence-corrected chi connectivity index (χ3v) is 3.76. The maximum absolute atomic E-state index is 12.4. The summed E-state index contributed by atoms with van der Waals surface area (Å²) in [7, 11) is 3.10. The van der Waals surface area contributed by atoms with Gasteiger partial charge in [-0.05, 0) is 11.6 Å². The number of nitrogens with zero attached hydrogens (tertiary/aromatic N) is 1. The van der Waals surface area contributed by atoms with Crippen LogP contribution in [0.15, 0.2) is 48.7 Å². The van der Waals surface area contributed by atoms with E-state index < -0.39 is 0 Å². The van der Waals surface area contributed by atoms with E-state index in [4.69, 9.17) is 9.47 Å². The standard InChI is InChI=1S/C18H18N2O4/c1-23-14-8-13(9-15(10-14)24-2)19-18(21)7-12-11-20(22)17-6-4-3-5-16(12)17/h3-6,8-11,22H,7H2,1-2H3,(H,19,21). The molecule has 0 radical (unpaired) electrons. The number of anilines is 1. The lowest BCUT2D eigenvalue weighted by atomic mass is 10.1. The van der Waals surface area contributed by atoms with E-state index in [1.165, 1.54) is 0 Å². The molecule has 1 heterocycles. The summed E-state index contributed by atoms with van der Waals surface area (Å²) in [5.41, 5.74) is 2.01. The Morgan fingerprint density at radius 1 is 1.12 bits per heavy atom. The van der Waals surface area contributed by atoms with Crippen LogP contribution in [0.4, 0.5) is 5.69 Å². The van der Waals surface area contributed by atoms with Gasteiger partial charge in [0.1, 0.15) is 11.5 Å². The van der Waals surface area contributed by atoms with Crippen molar-refractivity contribution >= 4 is 22.5 Å². The largest absolute Gasteiger partial charge is 0.497 e. The average molecular weight is 326 g/mol. The van der Waals surface area contributed by atoms with Gasteiger partial charge in [-0.1, -0.05) is 18.2 Å². The number of rotatable bonds is 5. The minimum Gasteiger partial charge on any atom is -0.497 e. The molecule has 6 heteroatoms. The molecule has 0 bridgehead atoms. The molecule has 3 aromatic rings. The molecule has 0 saturated carbocycles. The summed E-state index contributed by atoms with van der Waals surface area (Å²) in [4.78, 5) is 12.4. The third kappa shape index (κ3) is 3.12. The lowest BCUT2D eigenvalue weighted by molar-refractivity contribution is -0.115. The third-order valence-electron chi connectivity index (χ3n) is 3.76. The van der Waals surface area contributed by atoms with Crippen molar-refractivity contribution in [2.45, 2.75) is 6.42 Å². The Labute approximate surface area is 139 Å². The molecule has 0 aliphatic heterocycles. The van der Waals surface area contributed by atoms with Crippen LogP contribution in [-0.4, -0.2) is 30.1 Å². The summed E-state index contributed by atoms with van der Waals surface area (Å²) in [6.45, 7) is 0. The maximum atomic E-state index is 12.4. The Morgan fingerprint density at radius 2 is 1.79 bits per heavy atom. The Hall–Kier alpha value is -3.15. The van der Waals surface area contributed by atoms with Crippen LogP contribution in [-0.2, 0) is 11.2 Å². The molecule has 124 valence electrons. The molecule has 0 fully saturated rings. The first-order valence-corrected chi connectivity index (χ1v) is 7.42. The summed E-state index contributed by atoms with van der Waals surface area (Å²) < 4.78 is 11.4. The molecule has 3 rings (SSSR count). The van der Waals surface area contributed by atoms with Crippen LogP contribution in [0.1, 0.15) is 5.56 Å². The highest BCUT2D eigenvalue weighted by Crippen LogP contribution is 2.26. The van der Waals surface area contributed by atoms with Crippen molar-refractivity contribution in [3.05, 3.63) is 54.2 Å². The second kappa shape index (κ2) is 6.54. The van der Waals surface area contributed by atoms with Crippen molar-refractivity contribution < 1.29 is 19.5 Å². The topological polar surface area (TPSA) is 72.7 Å². The molecule has 0 saturated heterocycles. The van der Waals surface area contributed by atoms with Gasteiger partial charge >= 0.3 is 0 Å². The van der Waals surface area contributed by atoms with Crippen LogP contribution in [0.5, 0.6) is 11.5 Å². The van der Waals surface area contributed by atoms with Crippen LogP contribution >= 0.6 is 0 Å². The lowest BCUT2D eigenvalue weighted by Crippen LogP contribution is -2.14. The number of ether oxygens (including phenoxy) is 2. The summed E-state index contributed by atoms with van der Waals surface area (Å²) in [5, 5.41) is 13.6. The number of nitrogens with one attached hydrogen (secondary N) is 1. The average Bonchev–Trinajstić information content (AvgIpc) is 2.90. The smallest absolute Gasteiger partial charge is 0.228 e. The van der Waals surface area contributed by atoms with E-state index in [1.54, 1.807) is 44.7 Å². The normalized spacial score (nSPS) is 10.6. The Kier molecular flexibility index (Phi) is 4.29. The van der Waals surface area contributed by atoms with E-state index in [-0.39, 0.29) is 12.3 Å². The number of amides is 1. The molecular formula is C18H18N2O4. The highest BCUT2D eigenvalue weighted by molar-refractivity contribution is 5.96. The van der Waals surface area contributed by atoms with Gasteiger partial charge < -0.3 is 20.0 Å². The number of benzene rings is 2. The molecule has 2 aromatic carbocycles. The molecule has 0 atom stereocenters. The van der Waals surface area contributed by atoms with E-state index in [2.05, 4.69) is 5.32 Å². The summed E-state index contributed by atoms with van der Waals surface area (Å²) in [6.07, 6.45) is 1.70. The van der Waals surface area contributed by atoms with Gasteiger partial charge in [-0.3, -0.25) is 4.79 Å². The van der Waals surface area contributed by atoms with Crippen molar-refractivity contribution in [1.29, 1.82) is 0 Å².